The Balaban J connectivity index is 2.97. The lowest BCUT2D eigenvalue weighted by atomic mass is 10.4. The smallest absolute Gasteiger partial charge is 0.322 e. The van der Waals surface area contributed by atoms with Crippen LogP contribution in [0.1, 0.15) is 0 Å². The average Bonchev–Trinajstić information content (AvgIpc) is 2.42. The molecule has 0 saturated carbocycles. The number of nitrogens with one attached hydrogen (secondary N) is 1. The second-order valence-corrected chi connectivity index (χ2v) is 7.28. The van der Waals surface area contributed by atoms with Crippen molar-refractivity contribution in [1.29, 1.82) is 0 Å². The summed E-state index contributed by atoms with van der Waals surface area (Å²) in [6.07, 6.45) is 0. The number of carboxylic acid groups (broad SMARTS) is 1. The van der Waals surface area contributed by atoms with Gasteiger partial charge in [-0.3, -0.25) is 9.59 Å². The van der Waals surface area contributed by atoms with E-state index in [0.717, 1.165) is 17.4 Å². The van der Waals surface area contributed by atoms with E-state index >= 15 is 0 Å². The van der Waals surface area contributed by atoms with Crippen LogP contribution in [0.15, 0.2) is 17.0 Å². The lowest BCUT2D eigenvalue weighted by Crippen LogP contribution is -2.40. The molecule has 11 heteroatoms. The molecular weight excluding hydrogens is 379 g/mol. The van der Waals surface area contributed by atoms with Gasteiger partial charge in [0, 0.05) is 7.05 Å². The van der Waals surface area contributed by atoms with Crippen molar-refractivity contribution in [2.24, 2.45) is 0 Å². The SMILES string of the molecule is CN(CC(=O)NCC(=O)O)S(=O)(=O)c1ccc(Cl)c(Cl)c1Cl. The Kier molecular flexibility index (Phi) is 6.45. The molecule has 1 aromatic carbocycles. The maximum Gasteiger partial charge on any atom is 0.322 e. The number of halogens is 3. The Morgan fingerprint density at radius 2 is 1.82 bits per heavy atom. The summed E-state index contributed by atoms with van der Waals surface area (Å²) in [5.74, 6) is -2.02. The number of sulfonamides is 1. The highest BCUT2D eigenvalue weighted by atomic mass is 35.5. The number of nitrogens with zero attached hydrogens (tertiary/aromatic N) is 1. The topological polar surface area (TPSA) is 104 Å². The van der Waals surface area contributed by atoms with Crippen LogP contribution >= 0.6 is 34.8 Å². The first-order valence-electron chi connectivity index (χ1n) is 5.65. The summed E-state index contributed by atoms with van der Waals surface area (Å²) in [4.78, 5) is 21.5. The predicted octanol–water partition coefficient (Wildman–Crippen LogP) is 1.47. The summed E-state index contributed by atoms with van der Waals surface area (Å²) in [5.41, 5.74) is 0. The van der Waals surface area contributed by atoms with E-state index in [4.69, 9.17) is 39.9 Å². The molecule has 2 N–H and O–H groups in total. The molecule has 0 unspecified atom stereocenters. The zero-order valence-corrected chi connectivity index (χ0v) is 14.2. The zero-order chi connectivity index (χ0) is 17.1. The van der Waals surface area contributed by atoms with Crippen LogP contribution in [-0.4, -0.2) is 49.8 Å². The normalized spacial score (nSPS) is 11.5. The van der Waals surface area contributed by atoms with Crippen LogP contribution in [0.25, 0.3) is 0 Å². The first kappa shape index (κ1) is 19.0. The summed E-state index contributed by atoms with van der Waals surface area (Å²) < 4.78 is 25.4. The largest absolute Gasteiger partial charge is 0.480 e. The van der Waals surface area contributed by atoms with Crippen LogP contribution in [0.4, 0.5) is 0 Å². The van der Waals surface area contributed by atoms with E-state index in [1.807, 2.05) is 5.32 Å². The van der Waals surface area contributed by atoms with Crippen molar-refractivity contribution in [1.82, 2.24) is 9.62 Å². The van der Waals surface area contributed by atoms with Gasteiger partial charge in [0.1, 0.15) is 11.4 Å². The third kappa shape index (κ3) is 4.47. The van der Waals surface area contributed by atoms with Gasteiger partial charge in [0.05, 0.1) is 21.6 Å². The van der Waals surface area contributed by atoms with Gasteiger partial charge < -0.3 is 10.4 Å². The van der Waals surface area contributed by atoms with Crippen molar-refractivity contribution in [2.45, 2.75) is 4.90 Å². The minimum absolute atomic E-state index is 0.0903. The number of carboxylic acids is 1. The van der Waals surface area contributed by atoms with Gasteiger partial charge in [-0.25, -0.2) is 8.42 Å². The summed E-state index contributed by atoms with van der Waals surface area (Å²) in [5, 5.41) is 10.2. The molecule has 122 valence electrons. The number of aliphatic carboxylic acids is 1. The molecule has 0 aliphatic rings. The van der Waals surface area contributed by atoms with Crippen molar-refractivity contribution in [3.8, 4) is 0 Å². The molecule has 0 radical (unpaired) electrons. The minimum Gasteiger partial charge on any atom is -0.480 e. The van der Waals surface area contributed by atoms with Gasteiger partial charge >= 0.3 is 5.97 Å². The van der Waals surface area contributed by atoms with Crippen LogP contribution in [-0.2, 0) is 19.6 Å². The monoisotopic (exact) mass is 388 g/mol. The third-order valence-corrected chi connectivity index (χ3v) is 5.74. The summed E-state index contributed by atoms with van der Waals surface area (Å²) in [7, 11) is -2.95. The summed E-state index contributed by atoms with van der Waals surface area (Å²) >= 11 is 17.4. The number of benzene rings is 1. The van der Waals surface area contributed by atoms with E-state index in [1.165, 1.54) is 6.07 Å². The Labute approximate surface area is 141 Å². The second-order valence-electron chi connectivity index (χ2n) is 4.11. The van der Waals surface area contributed by atoms with E-state index in [2.05, 4.69) is 0 Å². The maximum atomic E-state index is 12.3. The minimum atomic E-state index is -4.09. The van der Waals surface area contributed by atoms with Crippen molar-refractivity contribution in [3.63, 3.8) is 0 Å². The number of hydrogen-bond donors (Lipinski definition) is 2. The lowest BCUT2D eigenvalue weighted by molar-refractivity contribution is -0.137. The average molecular weight is 390 g/mol. The van der Waals surface area contributed by atoms with Gasteiger partial charge in [-0.2, -0.15) is 4.31 Å². The van der Waals surface area contributed by atoms with Gasteiger partial charge in [0.2, 0.25) is 15.9 Å². The van der Waals surface area contributed by atoms with Gasteiger partial charge in [0.25, 0.3) is 0 Å². The molecule has 0 fully saturated rings. The molecule has 0 aliphatic heterocycles. The molecule has 22 heavy (non-hydrogen) atoms. The molecule has 0 spiro atoms. The van der Waals surface area contributed by atoms with E-state index in [-0.39, 0.29) is 20.0 Å². The highest BCUT2D eigenvalue weighted by Gasteiger charge is 2.27. The Morgan fingerprint density at radius 3 is 2.36 bits per heavy atom. The van der Waals surface area contributed by atoms with Gasteiger partial charge in [-0.15, -0.1) is 0 Å². The zero-order valence-electron chi connectivity index (χ0n) is 11.1. The van der Waals surface area contributed by atoms with Crippen LogP contribution < -0.4 is 5.32 Å². The summed E-state index contributed by atoms with van der Waals surface area (Å²) in [6, 6.07) is 2.43. The number of rotatable bonds is 6. The first-order chi connectivity index (χ1) is 10.1. The number of hydrogen-bond acceptors (Lipinski definition) is 4. The highest BCUT2D eigenvalue weighted by molar-refractivity contribution is 7.89. The molecule has 0 atom stereocenters. The fraction of sp³-hybridized carbons (Fsp3) is 0.273. The van der Waals surface area contributed by atoms with Gasteiger partial charge in [-0.1, -0.05) is 34.8 Å². The van der Waals surface area contributed by atoms with Crippen LogP contribution in [0.2, 0.25) is 15.1 Å². The summed E-state index contributed by atoms with van der Waals surface area (Å²) in [6.45, 7) is -1.19. The molecule has 0 aromatic heterocycles. The van der Waals surface area contributed by atoms with Crippen molar-refractivity contribution >= 4 is 56.7 Å². The molecule has 7 nitrogen and oxygen atoms in total. The molecule has 0 bridgehead atoms. The van der Waals surface area contributed by atoms with Gasteiger partial charge in [0.15, 0.2) is 0 Å². The molecular formula is C11H11Cl3N2O5S. The number of amides is 1. The Hall–Kier alpha value is -1.06. The van der Waals surface area contributed by atoms with Crippen LogP contribution in [0.5, 0.6) is 0 Å². The lowest BCUT2D eigenvalue weighted by Gasteiger charge is -2.18. The Bertz CT molecular complexity index is 708. The van der Waals surface area contributed by atoms with E-state index < -0.39 is 35.0 Å². The van der Waals surface area contributed by atoms with Crippen LogP contribution in [0, 0.1) is 0 Å². The second kappa shape index (κ2) is 7.47. The number of likely N-dealkylation sites (N-methyl/N-ethyl adjacent to an activating group) is 1. The number of carbonyl (C=O) groups is 2. The molecule has 1 amide bonds. The number of carbonyl (C=O) groups excluding carboxylic acids is 1. The fourth-order valence-corrected chi connectivity index (χ4v) is 3.47. The maximum absolute atomic E-state index is 12.3. The molecule has 0 heterocycles. The molecule has 1 rings (SSSR count). The van der Waals surface area contributed by atoms with E-state index in [9.17, 15) is 18.0 Å². The molecule has 0 aliphatic carbocycles. The van der Waals surface area contributed by atoms with Crippen molar-refractivity contribution in [2.75, 3.05) is 20.1 Å². The van der Waals surface area contributed by atoms with E-state index in [1.54, 1.807) is 0 Å². The molecule has 1 aromatic rings. The quantitative estimate of drug-likeness (QED) is 0.717. The van der Waals surface area contributed by atoms with Gasteiger partial charge in [-0.05, 0) is 12.1 Å². The molecule has 0 saturated heterocycles. The third-order valence-electron chi connectivity index (χ3n) is 2.49. The van der Waals surface area contributed by atoms with Crippen molar-refractivity contribution in [3.05, 3.63) is 27.2 Å². The fourth-order valence-electron chi connectivity index (χ4n) is 1.39. The first-order valence-corrected chi connectivity index (χ1v) is 8.23. The van der Waals surface area contributed by atoms with Crippen LogP contribution in [0.3, 0.4) is 0 Å². The van der Waals surface area contributed by atoms with Crippen molar-refractivity contribution < 1.29 is 23.1 Å². The van der Waals surface area contributed by atoms with E-state index in [0.29, 0.717) is 0 Å². The Morgan fingerprint density at radius 1 is 1.23 bits per heavy atom. The predicted molar refractivity (Wildman–Crippen MR) is 81.9 cm³/mol. The highest BCUT2D eigenvalue weighted by Crippen LogP contribution is 2.35. The standard InChI is InChI=1S/C11H11Cl3N2O5S/c1-16(5-8(17)15-4-9(18)19)22(20,21)7-3-2-6(12)10(13)11(7)14/h2-3H,4-5H2,1H3,(H,15,17)(H,18,19).